The third kappa shape index (κ3) is 3.16. The highest BCUT2D eigenvalue weighted by Gasteiger charge is 2.29. The second-order valence-corrected chi connectivity index (χ2v) is 5.14. The maximum absolute atomic E-state index is 11.5. The van der Waals surface area contributed by atoms with Gasteiger partial charge in [0.15, 0.2) is 0 Å². The van der Waals surface area contributed by atoms with Gasteiger partial charge < -0.3 is 10.1 Å². The van der Waals surface area contributed by atoms with Crippen LogP contribution in [0.5, 0.6) is 5.75 Å². The number of ether oxygens (including phenoxy) is 1. The van der Waals surface area contributed by atoms with E-state index in [4.69, 9.17) is 16.3 Å². The number of carbonyl (C=O) groups excluding carboxylic acids is 1. The molecule has 0 atom stereocenters. The first-order valence-corrected chi connectivity index (χ1v) is 6.60. The highest BCUT2D eigenvalue weighted by Crippen LogP contribution is 2.29. The number of hydrogen-bond acceptors (Lipinski definition) is 2. The Balaban J connectivity index is 1.95. The lowest BCUT2D eigenvalue weighted by atomic mass is 10.1. The lowest BCUT2D eigenvalue weighted by Crippen LogP contribution is -2.27. The lowest BCUT2D eigenvalue weighted by Gasteiger charge is -2.11. The number of halogens is 1. The summed E-state index contributed by atoms with van der Waals surface area (Å²) in [6.45, 7) is 2.58. The third-order valence-corrected chi connectivity index (χ3v) is 3.61. The molecule has 2 rings (SSSR count). The van der Waals surface area contributed by atoms with Crippen LogP contribution in [-0.2, 0) is 11.2 Å². The summed E-state index contributed by atoms with van der Waals surface area (Å²) in [4.78, 5) is 11.5. The molecule has 98 valence electrons. The summed E-state index contributed by atoms with van der Waals surface area (Å²) in [5.41, 5.74) is 2.03. The van der Waals surface area contributed by atoms with Crippen LogP contribution in [0.15, 0.2) is 12.1 Å². The molecule has 0 heterocycles. The summed E-state index contributed by atoms with van der Waals surface area (Å²) in [7, 11) is 1.65. The van der Waals surface area contributed by atoms with Crippen molar-refractivity contribution in [3.05, 3.63) is 28.3 Å². The molecular formula is C14H18ClNO2. The molecule has 0 aromatic heterocycles. The van der Waals surface area contributed by atoms with E-state index in [-0.39, 0.29) is 11.8 Å². The highest BCUT2D eigenvalue weighted by atomic mass is 35.5. The SMILES string of the molecule is COc1cc(C)c(Cl)cc1CCNC(=O)C1CC1. The average Bonchev–Trinajstić information content (AvgIpc) is 3.17. The Hall–Kier alpha value is -1.22. The third-order valence-electron chi connectivity index (χ3n) is 3.20. The van der Waals surface area contributed by atoms with Gasteiger partial charge in [-0.2, -0.15) is 0 Å². The first-order valence-electron chi connectivity index (χ1n) is 6.22. The molecule has 1 N–H and O–H groups in total. The van der Waals surface area contributed by atoms with Crippen molar-refractivity contribution in [1.82, 2.24) is 5.32 Å². The van der Waals surface area contributed by atoms with E-state index >= 15 is 0 Å². The number of nitrogens with one attached hydrogen (secondary N) is 1. The van der Waals surface area contributed by atoms with Crippen LogP contribution in [-0.4, -0.2) is 19.6 Å². The zero-order valence-corrected chi connectivity index (χ0v) is 11.5. The number of aryl methyl sites for hydroxylation is 1. The quantitative estimate of drug-likeness (QED) is 0.891. The van der Waals surface area contributed by atoms with E-state index in [1.165, 1.54) is 0 Å². The largest absolute Gasteiger partial charge is 0.496 e. The Bertz CT molecular complexity index is 455. The lowest BCUT2D eigenvalue weighted by molar-refractivity contribution is -0.122. The Morgan fingerprint density at radius 1 is 1.50 bits per heavy atom. The fraction of sp³-hybridized carbons (Fsp3) is 0.500. The minimum atomic E-state index is 0.173. The van der Waals surface area contributed by atoms with E-state index in [0.717, 1.165) is 41.2 Å². The maximum atomic E-state index is 11.5. The molecule has 1 aromatic rings. The molecule has 0 aliphatic heterocycles. The van der Waals surface area contributed by atoms with Crippen LogP contribution in [0.25, 0.3) is 0 Å². The number of rotatable bonds is 5. The highest BCUT2D eigenvalue weighted by molar-refractivity contribution is 6.31. The van der Waals surface area contributed by atoms with Gasteiger partial charge in [0.1, 0.15) is 5.75 Å². The van der Waals surface area contributed by atoms with Gasteiger partial charge in [0.05, 0.1) is 7.11 Å². The van der Waals surface area contributed by atoms with Crippen LogP contribution in [0.1, 0.15) is 24.0 Å². The van der Waals surface area contributed by atoms with Gasteiger partial charge in [0.25, 0.3) is 0 Å². The molecule has 1 aliphatic rings. The molecule has 1 fully saturated rings. The molecule has 0 radical (unpaired) electrons. The first kappa shape index (κ1) is 13.2. The summed E-state index contributed by atoms with van der Waals surface area (Å²) in [5, 5.41) is 3.68. The van der Waals surface area contributed by atoms with Crippen molar-refractivity contribution < 1.29 is 9.53 Å². The summed E-state index contributed by atoms with van der Waals surface area (Å²) in [6.07, 6.45) is 2.80. The van der Waals surface area contributed by atoms with Crippen molar-refractivity contribution in [2.45, 2.75) is 26.2 Å². The van der Waals surface area contributed by atoms with E-state index in [0.29, 0.717) is 6.54 Å². The molecule has 4 heteroatoms. The van der Waals surface area contributed by atoms with E-state index < -0.39 is 0 Å². The molecule has 0 spiro atoms. The monoisotopic (exact) mass is 267 g/mol. The van der Waals surface area contributed by atoms with Gasteiger partial charge >= 0.3 is 0 Å². The van der Waals surface area contributed by atoms with Crippen LogP contribution < -0.4 is 10.1 Å². The van der Waals surface area contributed by atoms with Gasteiger partial charge in [-0.1, -0.05) is 11.6 Å². The minimum absolute atomic E-state index is 0.173. The van der Waals surface area contributed by atoms with E-state index in [1.54, 1.807) is 7.11 Å². The van der Waals surface area contributed by atoms with Crippen molar-refractivity contribution in [1.29, 1.82) is 0 Å². The van der Waals surface area contributed by atoms with Crippen LogP contribution in [0.2, 0.25) is 5.02 Å². The van der Waals surface area contributed by atoms with E-state index in [9.17, 15) is 4.79 Å². The predicted octanol–water partition coefficient (Wildman–Crippen LogP) is 2.73. The Morgan fingerprint density at radius 3 is 2.83 bits per heavy atom. The number of methoxy groups -OCH3 is 1. The Kier molecular flexibility index (Phi) is 4.12. The molecule has 1 aromatic carbocycles. The zero-order chi connectivity index (χ0) is 13.1. The molecule has 18 heavy (non-hydrogen) atoms. The smallest absolute Gasteiger partial charge is 0.223 e. The van der Waals surface area contributed by atoms with Crippen LogP contribution >= 0.6 is 11.6 Å². The van der Waals surface area contributed by atoms with Gasteiger partial charge in [-0.3, -0.25) is 4.79 Å². The summed E-state index contributed by atoms with van der Waals surface area (Å²) in [5.74, 6) is 1.26. The van der Waals surface area contributed by atoms with Crippen molar-refractivity contribution in [2.75, 3.05) is 13.7 Å². The fourth-order valence-corrected chi connectivity index (χ4v) is 2.08. The molecule has 1 amide bonds. The Morgan fingerprint density at radius 2 is 2.22 bits per heavy atom. The average molecular weight is 268 g/mol. The second kappa shape index (κ2) is 5.61. The van der Waals surface area contributed by atoms with Crippen LogP contribution in [0.3, 0.4) is 0 Å². The summed E-state index contributed by atoms with van der Waals surface area (Å²) >= 11 is 6.10. The normalized spacial score (nSPS) is 14.4. The zero-order valence-electron chi connectivity index (χ0n) is 10.8. The number of amides is 1. The number of carbonyl (C=O) groups is 1. The van der Waals surface area contributed by atoms with E-state index in [2.05, 4.69) is 5.32 Å². The van der Waals surface area contributed by atoms with Crippen molar-refractivity contribution >= 4 is 17.5 Å². The molecule has 0 unspecified atom stereocenters. The molecule has 1 saturated carbocycles. The summed E-state index contributed by atoms with van der Waals surface area (Å²) < 4.78 is 5.33. The molecule has 1 aliphatic carbocycles. The van der Waals surface area contributed by atoms with Gasteiger partial charge in [-0.05, 0) is 49.4 Å². The Labute approximate surface area is 112 Å². The van der Waals surface area contributed by atoms with Crippen molar-refractivity contribution in [2.24, 2.45) is 5.92 Å². The van der Waals surface area contributed by atoms with Crippen molar-refractivity contribution in [3.8, 4) is 5.75 Å². The summed E-state index contributed by atoms with van der Waals surface area (Å²) in [6, 6.07) is 3.85. The van der Waals surface area contributed by atoms with Gasteiger partial charge in [-0.15, -0.1) is 0 Å². The molecular weight excluding hydrogens is 250 g/mol. The fourth-order valence-electron chi connectivity index (χ4n) is 1.89. The number of hydrogen-bond donors (Lipinski definition) is 1. The van der Waals surface area contributed by atoms with Gasteiger partial charge in [-0.25, -0.2) is 0 Å². The number of benzene rings is 1. The second-order valence-electron chi connectivity index (χ2n) is 4.73. The van der Waals surface area contributed by atoms with Gasteiger partial charge in [0.2, 0.25) is 5.91 Å². The topological polar surface area (TPSA) is 38.3 Å². The van der Waals surface area contributed by atoms with E-state index in [1.807, 2.05) is 19.1 Å². The molecule has 0 bridgehead atoms. The minimum Gasteiger partial charge on any atom is -0.496 e. The molecule has 0 saturated heterocycles. The first-order chi connectivity index (χ1) is 8.61. The van der Waals surface area contributed by atoms with Gasteiger partial charge in [0, 0.05) is 17.5 Å². The van der Waals surface area contributed by atoms with Crippen LogP contribution in [0, 0.1) is 12.8 Å². The predicted molar refractivity (Wildman–Crippen MR) is 72.2 cm³/mol. The maximum Gasteiger partial charge on any atom is 0.223 e. The standard InChI is InChI=1S/C14H18ClNO2/c1-9-7-13(18-2)11(8-12(9)15)5-6-16-14(17)10-3-4-10/h7-8,10H,3-6H2,1-2H3,(H,16,17). The van der Waals surface area contributed by atoms with Crippen molar-refractivity contribution in [3.63, 3.8) is 0 Å². The molecule has 3 nitrogen and oxygen atoms in total. The van der Waals surface area contributed by atoms with Crippen LogP contribution in [0.4, 0.5) is 0 Å².